The van der Waals surface area contributed by atoms with E-state index in [-0.39, 0.29) is 28.7 Å². The van der Waals surface area contributed by atoms with Crippen molar-refractivity contribution in [2.24, 2.45) is 10.9 Å². The Morgan fingerprint density at radius 2 is 1.60 bits per heavy atom. The molecule has 1 aliphatic rings. The van der Waals surface area contributed by atoms with Crippen molar-refractivity contribution in [3.05, 3.63) is 101 Å². The molecule has 1 unspecified atom stereocenters. The maximum absolute atomic E-state index is 15.1. The smallest absolute Gasteiger partial charge is 0.342 e. The first kappa shape index (κ1) is 24.8. The van der Waals surface area contributed by atoms with E-state index in [1.807, 2.05) is 26.8 Å². The fourth-order valence-electron chi connectivity index (χ4n) is 4.25. The number of halogens is 1. The van der Waals surface area contributed by atoms with Crippen LogP contribution >= 0.6 is 0 Å². The van der Waals surface area contributed by atoms with Crippen molar-refractivity contribution in [1.29, 1.82) is 0 Å². The Morgan fingerprint density at radius 3 is 2.23 bits per heavy atom. The number of aryl methyl sites for hydroxylation is 1. The molecule has 182 valence electrons. The van der Waals surface area contributed by atoms with Gasteiger partial charge in [-0.05, 0) is 49.6 Å². The van der Waals surface area contributed by atoms with E-state index in [1.165, 1.54) is 30.3 Å². The van der Waals surface area contributed by atoms with Gasteiger partial charge in [-0.15, -0.1) is 0 Å². The summed E-state index contributed by atoms with van der Waals surface area (Å²) in [6, 6.07) is 19.6. The van der Waals surface area contributed by atoms with Crippen LogP contribution in [0.25, 0.3) is 0 Å². The largest absolute Gasteiger partial charge is 0.405 e. The number of carbonyl (C=O) groups excluding carboxylic acids is 1. The fraction of sp³-hybridized carbons (Fsp3) is 0.259. The van der Waals surface area contributed by atoms with Crippen molar-refractivity contribution in [2.45, 2.75) is 43.7 Å². The van der Waals surface area contributed by atoms with Gasteiger partial charge in [0.25, 0.3) is 0 Å². The summed E-state index contributed by atoms with van der Waals surface area (Å²) >= 11 is 0. The molecule has 1 N–H and O–H groups in total. The number of cyclic esters (lactones) is 1. The standard InChI is InChI=1S/C27H27FN2O4S/c1-18(2)17-27(26(31)34-25(29-27)20-9-5-4-6-10-20)24(22-11-7-8-12-23(22)28)30-35(32,33)21-15-13-19(3)14-16-21/h4-16,18,24,30H,17H2,1-3H3/t24?,27-/m1/s1. The Hall–Kier alpha value is -3.36. The van der Waals surface area contributed by atoms with Crippen molar-refractivity contribution >= 4 is 21.9 Å². The SMILES string of the molecule is Cc1ccc(S(=O)(=O)NC(c2ccccc2F)[C@@]2(CC(C)C)N=C(c3ccccc3)OC2=O)cc1. The van der Waals surface area contributed by atoms with Crippen LogP contribution < -0.4 is 4.72 Å². The molecule has 8 heteroatoms. The van der Waals surface area contributed by atoms with Gasteiger partial charge in [0, 0.05) is 11.1 Å². The third-order valence-corrected chi connectivity index (χ3v) is 7.32. The molecule has 2 atom stereocenters. The maximum atomic E-state index is 15.1. The zero-order valence-electron chi connectivity index (χ0n) is 19.7. The molecule has 0 saturated heterocycles. The lowest BCUT2D eigenvalue weighted by Crippen LogP contribution is -2.50. The molecule has 35 heavy (non-hydrogen) atoms. The lowest BCUT2D eigenvalue weighted by molar-refractivity contribution is -0.140. The summed E-state index contributed by atoms with van der Waals surface area (Å²) in [6.45, 7) is 5.62. The second-order valence-corrected chi connectivity index (χ2v) is 10.8. The summed E-state index contributed by atoms with van der Waals surface area (Å²) in [4.78, 5) is 18.2. The van der Waals surface area contributed by atoms with Crippen molar-refractivity contribution in [1.82, 2.24) is 4.72 Å². The third-order valence-electron chi connectivity index (χ3n) is 5.88. The van der Waals surface area contributed by atoms with Crippen molar-refractivity contribution in [3.8, 4) is 0 Å². The highest BCUT2D eigenvalue weighted by molar-refractivity contribution is 7.89. The van der Waals surface area contributed by atoms with Crippen molar-refractivity contribution in [3.63, 3.8) is 0 Å². The lowest BCUT2D eigenvalue weighted by Gasteiger charge is -2.33. The van der Waals surface area contributed by atoms with Crippen LogP contribution in [0.3, 0.4) is 0 Å². The van der Waals surface area contributed by atoms with E-state index >= 15 is 4.39 Å². The molecule has 0 saturated carbocycles. The van der Waals surface area contributed by atoms with Gasteiger partial charge in [0.1, 0.15) is 5.82 Å². The summed E-state index contributed by atoms with van der Waals surface area (Å²) in [5.74, 6) is -1.39. The minimum atomic E-state index is -4.15. The zero-order valence-corrected chi connectivity index (χ0v) is 20.6. The predicted molar refractivity (Wildman–Crippen MR) is 132 cm³/mol. The molecule has 3 aromatic carbocycles. The van der Waals surface area contributed by atoms with Crippen LogP contribution in [0.5, 0.6) is 0 Å². The Labute approximate surface area is 204 Å². The first-order valence-electron chi connectivity index (χ1n) is 11.3. The fourth-order valence-corrected chi connectivity index (χ4v) is 5.51. The number of aliphatic imine (C=N–C) groups is 1. The molecule has 0 amide bonds. The topological polar surface area (TPSA) is 84.8 Å². The second kappa shape index (κ2) is 9.71. The van der Waals surface area contributed by atoms with E-state index in [1.54, 1.807) is 42.5 Å². The maximum Gasteiger partial charge on any atom is 0.342 e. The van der Waals surface area contributed by atoms with E-state index < -0.39 is 33.4 Å². The third kappa shape index (κ3) is 5.04. The molecule has 4 rings (SSSR count). The van der Waals surface area contributed by atoms with E-state index in [9.17, 15) is 13.2 Å². The van der Waals surface area contributed by atoms with Crippen molar-refractivity contribution in [2.75, 3.05) is 0 Å². The average molecular weight is 495 g/mol. The van der Waals surface area contributed by atoms with Gasteiger partial charge >= 0.3 is 5.97 Å². The second-order valence-electron chi connectivity index (χ2n) is 9.08. The van der Waals surface area contributed by atoms with Gasteiger partial charge in [0.15, 0.2) is 5.54 Å². The molecule has 0 aliphatic carbocycles. The van der Waals surface area contributed by atoms with Crippen LogP contribution in [-0.2, 0) is 19.6 Å². The van der Waals surface area contributed by atoms with Gasteiger partial charge in [-0.2, -0.15) is 0 Å². The molecule has 0 aromatic heterocycles. The summed E-state index contributed by atoms with van der Waals surface area (Å²) in [5.41, 5.74) is -0.236. The van der Waals surface area contributed by atoms with Crippen molar-refractivity contribution < 1.29 is 22.3 Å². The highest BCUT2D eigenvalue weighted by Crippen LogP contribution is 2.42. The van der Waals surface area contributed by atoms with Crippen LogP contribution in [-0.4, -0.2) is 25.8 Å². The molecule has 0 bridgehead atoms. The Morgan fingerprint density at radius 1 is 0.971 bits per heavy atom. The molecular weight excluding hydrogens is 467 g/mol. The van der Waals surface area contributed by atoms with E-state index in [4.69, 9.17) is 4.74 Å². The minimum absolute atomic E-state index is 0.00256. The van der Waals surface area contributed by atoms with Gasteiger partial charge in [-0.1, -0.05) is 67.9 Å². The van der Waals surface area contributed by atoms with E-state index in [0.29, 0.717) is 5.56 Å². The van der Waals surface area contributed by atoms with E-state index in [2.05, 4.69) is 9.71 Å². The zero-order chi connectivity index (χ0) is 25.2. The number of nitrogens with zero attached hydrogens (tertiary/aromatic N) is 1. The van der Waals surface area contributed by atoms with Crippen LogP contribution in [0.2, 0.25) is 0 Å². The molecule has 0 radical (unpaired) electrons. The van der Waals surface area contributed by atoms with Crippen LogP contribution in [0.4, 0.5) is 4.39 Å². The number of ether oxygens (including phenoxy) is 1. The Kier molecular flexibility index (Phi) is 6.87. The molecule has 3 aromatic rings. The summed E-state index contributed by atoms with van der Waals surface area (Å²) < 4.78 is 50.2. The Bertz CT molecular complexity index is 1360. The highest BCUT2D eigenvalue weighted by Gasteiger charge is 2.55. The summed E-state index contributed by atoms with van der Waals surface area (Å²) in [5, 5.41) is 0. The van der Waals surface area contributed by atoms with Crippen LogP contribution in [0.1, 0.15) is 43.0 Å². The molecule has 6 nitrogen and oxygen atoms in total. The number of hydrogen-bond acceptors (Lipinski definition) is 5. The number of nitrogens with one attached hydrogen (secondary N) is 1. The minimum Gasteiger partial charge on any atom is -0.405 e. The van der Waals surface area contributed by atoms with Gasteiger partial charge < -0.3 is 4.74 Å². The summed E-state index contributed by atoms with van der Waals surface area (Å²) in [7, 11) is -4.15. The first-order valence-corrected chi connectivity index (χ1v) is 12.8. The lowest BCUT2D eigenvalue weighted by atomic mass is 9.80. The Balaban J connectivity index is 1.90. The number of benzene rings is 3. The highest BCUT2D eigenvalue weighted by atomic mass is 32.2. The molecule has 1 heterocycles. The first-order chi connectivity index (χ1) is 16.6. The number of hydrogen-bond donors (Lipinski definition) is 1. The molecule has 0 fully saturated rings. The number of esters is 1. The van der Waals surface area contributed by atoms with Crippen LogP contribution in [0.15, 0.2) is 88.8 Å². The van der Waals surface area contributed by atoms with Gasteiger partial charge in [0.2, 0.25) is 15.9 Å². The normalized spacial score (nSPS) is 18.9. The quantitative estimate of drug-likeness (QED) is 0.450. The molecule has 1 aliphatic heterocycles. The summed E-state index contributed by atoms with van der Waals surface area (Å²) in [6.07, 6.45) is 0.136. The van der Waals surface area contributed by atoms with Crippen LogP contribution in [0, 0.1) is 18.7 Å². The molecule has 0 spiro atoms. The van der Waals surface area contributed by atoms with E-state index in [0.717, 1.165) is 5.56 Å². The number of rotatable bonds is 8. The van der Waals surface area contributed by atoms with Gasteiger partial charge in [0.05, 0.1) is 10.9 Å². The predicted octanol–water partition coefficient (Wildman–Crippen LogP) is 4.94. The van der Waals surface area contributed by atoms with Gasteiger partial charge in [-0.25, -0.2) is 27.3 Å². The number of carbonyl (C=O) groups is 1. The molecular formula is C27H27FN2O4S. The van der Waals surface area contributed by atoms with Gasteiger partial charge in [-0.3, -0.25) is 0 Å². The number of sulfonamides is 1. The monoisotopic (exact) mass is 494 g/mol. The average Bonchev–Trinajstić information content (AvgIpc) is 3.15.